The second kappa shape index (κ2) is 4.68. The number of hydrogen-bond donors (Lipinski definition) is 1. The van der Waals surface area contributed by atoms with Gasteiger partial charge in [0.1, 0.15) is 5.75 Å². The van der Waals surface area contributed by atoms with Crippen molar-refractivity contribution in [3.05, 3.63) is 45.1 Å². The highest BCUT2D eigenvalue weighted by Crippen LogP contribution is 2.34. The van der Waals surface area contributed by atoms with Crippen LogP contribution in [0.2, 0.25) is 5.02 Å². The minimum Gasteiger partial charge on any atom is -0.482 e. The van der Waals surface area contributed by atoms with E-state index >= 15 is 0 Å². The molecule has 0 aliphatic carbocycles. The van der Waals surface area contributed by atoms with Crippen molar-refractivity contribution in [2.24, 2.45) is 0 Å². The van der Waals surface area contributed by atoms with Crippen molar-refractivity contribution in [2.45, 2.75) is 0 Å². The van der Waals surface area contributed by atoms with Gasteiger partial charge in [-0.25, -0.2) is 0 Å². The van der Waals surface area contributed by atoms with E-state index < -0.39 is 0 Å². The van der Waals surface area contributed by atoms with Crippen LogP contribution in [0.1, 0.15) is 15.2 Å². The number of benzene rings is 1. The lowest BCUT2D eigenvalue weighted by atomic mass is 10.1. The standard InChI is InChI=1S/C13H8ClNO3S/c14-8-5-9-10(18-6-12(16)15-9)4-7(8)13(17)11-2-1-3-19-11/h1-5H,6H2,(H,15,16). The van der Waals surface area contributed by atoms with E-state index in [9.17, 15) is 9.59 Å². The van der Waals surface area contributed by atoms with Gasteiger partial charge in [0.25, 0.3) is 5.91 Å². The predicted molar refractivity (Wildman–Crippen MR) is 73.3 cm³/mol. The van der Waals surface area contributed by atoms with Crippen molar-refractivity contribution >= 4 is 40.3 Å². The highest BCUT2D eigenvalue weighted by atomic mass is 35.5. The first kappa shape index (κ1) is 12.2. The number of ether oxygens (including phenoxy) is 1. The molecule has 1 aliphatic rings. The third-order valence-corrected chi connectivity index (χ3v) is 3.87. The molecule has 0 unspecified atom stereocenters. The highest BCUT2D eigenvalue weighted by Gasteiger charge is 2.21. The van der Waals surface area contributed by atoms with Crippen LogP contribution < -0.4 is 10.1 Å². The first-order valence-corrected chi connectivity index (χ1v) is 6.75. The molecule has 1 aliphatic heterocycles. The van der Waals surface area contributed by atoms with Gasteiger partial charge in [-0.1, -0.05) is 17.7 Å². The molecule has 4 nitrogen and oxygen atoms in total. The van der Waals surface area contributed by atoms with Crippen LogP contribution >= 0.6 is 22.9 Å². The number of carbonyl (C=O) groups is 2. The van der Waals surface area contributed by atoms with Gasteiger partial charge in [0.15, 0.2) is 6.61 Å². The lowest BCUT2D eigenvalue weighted by Gasteiger charge is -2.19. The van der Waals surface area contributed by atoms with Gasteiger partial charge in [-0.2, -0.15) is 0 Å². The van der Waals surface area contributed by atoms with Crippen LogP contribution in [-0.4, -0.2) is 18.3 Å². The third kappa shape index (κ3) is 2.22. The number of fused-ring (bicyclic) bond motifs is 1. The maximum Gasteiger partial charge on any atom is 0.262 e. The Bertz CT molecular complexity index is 667. The summed E-state index contributed by atoms with van der Waals surface area (Å²) in [5.74, 6) is 0.0770. The number of thiophene rings is 1. The Morgan fingerprint density at radius 3 is 3.00 bits per heavy atom. The van der Waals surface area contributed by atoms with Crippen LogP contribution in [-0.2, 0) is 4.79 Å². The van der Waals surface area contributed by atoms with Gasteiger partial charge in [0.05, 0.1) is 15.6 Å². The molecule has 1 aromatic heterocycles. The van der Waals surface area contributed by atoms with Gasteiger partial charge in [-0.15, -0.1) is 11.3 Å². The number of rotatable bonds is 2. The van der Waals surface area contributed by atoms with Crippen LogP contribution in [0.5, 0.6) is 5.75 Å². The van der Waals surface area contributed by atoms with Crippen LogP contribution in [0.25, 0.3) is 0 Å². The fourth-order valence-corrected chi connectivity index (χ4v) is 2.74. The van der Waals surface area contributed by atoms with Crippen molar-refractivity contribution in [3.8, 4) is 5.75 Å². The molecule has 0 saturated carbocycles. The number of nitrogens with one attached hydrogen (secondary N) is 1. The van der Waals surface area contributed by atoms with E-state index in [0.717, 1.165) is 0 Å². The van der Waals surface area contributed by atoms with Gasteiger partial charge in [-0.05, 0) is 23.6 Å². The van der Waals surface area contributed by atoms with Crippen molar-refractivity contribution in [1.29, 1.82) is 0 Å². The Labute approximate surface area is 118 Å². The van der Waals surface area contributed by atoms with Crippen molar-refractivity contribution in [1.82, 2.24) is 0 Å². The Morgan fingerprint density at radius 2 is 2.26 bits per heavy atom. The van der Waals surface area contributed by atoms with E-state index in [1.54, 1.807) is 18.2 Å². The molecule has 2 aromatic rings. The largest absolute Gasteiger partial charge is 0.482 e. The minimum atomic E-state index is -0.235. The summed E-state index contributed by atoms with van der Waals surface area (Å²) in [5.41, 5.74) is 0.864. The van der Waals surface area contributed by atoms with E-state index in [2.05, 4.69) is 5.32 Å². The van der Waals surface area contributed by atoms with E-state index in [1.165, 1.54) is 17.4 Å². The molecule has 6 heteroatoms. The summed E-state index contributed by atoms with van der Waals surface area (Å²) in [4.78, 5) is 24.1. The van der Waals surface area contributed by atoms with E-state index in [4.69, 9.17) is 16.3 Å². The Morgan fingerprint density at radius 1 is 1.42 bits per heavy atom. The molecule has 0 atom stereocenters. The summed E-state index contributed by atoms with van der Waals surface area (Å²) in [6.07, 6.45) is 0. The lowest BCUT2D eigenvalue weighted by molar-refractivity contribution is -0.118. The SMILES string of the molecule is O=C1COc2cc(C(=O)c3cccs3)c(Cl)cc2N1. The maximum atomic E-state index is 12.3. The molecule has 19 heavy (non-hydrogen) atoms. The average molecular weight is 294 g/mol. The van der Waals surface area contributed by atoms with Gasteiger partial charge in [-0.3, -0.25) is 9.59 Å². The molecule has 96 valence electrons. The minimum absolute atomic E-state index is 0.0543. The number of halogens is 1. The summed E-state index contributed by atoms with van der Waals surface area (Å²) < 4.78 is 5.28. The van der Waals surface area contributed by atoms with Crippen LogP contribution in [0.15, 0.2) is 29.6 Å². The van der Waals surface area contributed by atoms with Crippen LogP contribution in [0.4, 0.5) is 5.69 Å². The van der Waals surface area contributed by atoms with Crippen LogP contribution in [0, 0.1) is 0 Å². The van der Waals surface area contributed by atoms with Gasteiger partial charge < -0.3 is 10.1 Å². The molecule has 3 rings (SSSR count). The summed E-state index contributed by atoms with van der Waals surface area (Å²) in [5, 5.41) is 4.77. The van der Waals surface area contributed by atoms with Crippen LogP contribution in [0.3, 0.4) is 0 Å². The molecule has 1 aromatic carbocycles. The van der Waals surface area contributed by atoms with Crippen molar-refractivity contribution in [2.75, 3.05) is 11.9 Å². The van der Waals surface area contributed by atoms with Gasteiger partial charge in [0, 0.05) is 5.56 Å². The zero-order valence-electron chi connectivity index (χ0n) is 9.60. The number of anilines is 1. The molecule has 2 heterocycles. The molecular formula is C13H8ClNO3S. The average Bonchev–Trinajstić information content (AvgIpc) is 2.91. The zero-order chi connectivity index (χ0) is 13.4. The monoisotopic (exact) mass is 293 g/mol. The lowest BCUT2D eigenvalue weighted by Crippen LogP contribution is -2.25. The topological polar surface area (TPSA) is 55.4 Å². The predicted octanol–water partition coefficient (Wildman–Crippen LogP) is 2.96. The molecule has 0 bridgehead atoms. The number of amides is 1. The van der Waals surface area contributed by atoms with Gasteiger partial charge in [0.2, 0.25) is 5.78 Å². The first-order valence-electron chi connectivity index (χ1n) is 5.49. The van der Waals surface area contributed by atoms with Crippen molar-refractivity contribution in [3.63, 3.8) is 0 Å². The second-order valence-electron chi connectivity index (χ2n) is 3.97. The maximum absolute atomic E-state index is 12.3. The number of carbonyl (C=O) groups excluding carboxylic acids is 2. The fourth-order valence-electron chi connectivity index (χ4n) is 1.81. The number of hydrogen-bond acceptors (Lipinski definition) is 4. The molecule has 0 fully saturated rings. The molecule has 0 saturated heterocycles. The quantitative estimate of drug-likeness (QED) is 0.866. The summed E-state index contributed by atoms with van der Waals surface area (Å²) in [6, 6.07) is 6.65. The third-order valence-electron chi connectivity index (χ3n) is 2.69. The van der Waals surface area contributed by atoms with E-state index in [-0.39, 0.29) is 18.3 Å². The number of ketones is 1. The van der Waals surface area contributed by atoms with Crippen molar-refractivity contribution < 1.29 is 14.3 Å². The normalized spacial score (nSPS) is 13.4. The molecule has 1 N–H and O–H groups in total. The smallest absolute Gasteiger partial charge is 0.262 e. The summed E-state index contributed by atoms with van der Waals surface area (Å²) in [7, 11) is 0. The highest BCUT2D eigenvalue weighted by molar-refractivity contribution is 7.12. The fraction of sp³-hybridized carbons (Fsp3) is 0.0769. The van der Waals surface area contributed by atoms with Gasteiger partial charge >= 0.3 is 0 Å². The second-order valence-corrected chi connectivity index (χ2v) is 5.33. The molecule has 1 amide bonds. The molecular weight excluding hydrogens is 286 g/mol. The Kier molecular flexibility index (Phi) is 3.00. The Balaban J connectivity index is 2.04. The first-order chi connectivity index (χ1) is 9.15. The van der Waals surface area contributed by atoms with E-state index in [0.29, 0.717) is 26.9 Å². The molecule has 0 radical (unpaired) electrons. The molecule has 0 spiro atoms. The Hall–Kier alpha value is -1.85. The summed E-state index contributed by atoms with van der Waals surface area (Å²) in [6.45, 7) is -0.0543. The van der Waals surface area contributed by atoms with E-state index in [1.807, 2.05) is 5.38 Å². The summed E-state index contributed by atoms with van der Waals surface area (Å²) >= 11 is 7.45. The zero-order valence-corrected chi connectivity index (χ0v) is 11.2.